The molecule has 158 valence electrons. The van der Waals surface area contributed by atoms with Gasteiger partial charge in [0.1, 0.15) is 0 Å². The molecule has 0 spiro atoms. The standard InChI is InChI=1S/C22H18ClIN4O2S/c23-17-8-6-16(7-9-17)21-20(15-4-2-1-3-5-15)14-28(26-21)22(25)27-31(29,30)19-12-10-18(24)11-13-19/h1-13,20H,14H2,(H2,25,27)/t20-/m0/s1. The van der Waals surface area contributed by atoms with Crippen molar-refractivity contribution >= 4 is 55.9 Å². The van der Waals surface area contributed by atoms with Crippen LogP contribution in [-0.2, 0) is 10.0 Å². The van der Waals surface area contributed by atoms with Gasteiger partial charge in [0.15, 0.2) is 0 Å². The molecule has 0 fully saturated rings. The molecule has 2 N–H and O–H groups in total. The molecule has 0 unspecified atom stereocenters. The summed E-state index contributed by atoms with van der Waals surface area (Å²) in [5.41, 5.74) is 8.81. The van der Waals surface area contributed by atoms with E-state index in [0.29, 0.717) is 11.6 Å². The van der Waals surface area contributed by atoms with E-state index in [4.69, 9.17) is 17.3 Å². The number of hydrogen-bond acceptors (Lipinski definition) is 3. The Morgan fingerprint density at radius 2 is 1.68 bits per heavy atom. The van der Waals surface area contributed by atoms with E-state index in [0.717, 1.165) is 20.4 Å². The molecule has 1 heterocycles. The van der Waals surface area contributed by atoms with Crippen LogP contribution in [0, 0.1) is 3.57 Å². The Bertz CT molecular complexity index is 1240. The second-order valence-electron chi connectivity index (χ2n) is 6.92. The Hall–Kier alpha value is -2.43. The van der Waals surface area contributed by atoms with Crippen molar-refractivity contribution in [2.75, 3.05) is 6.54 Å². The maximum atomic E-state index is 12.7. The van der Waals surface area contributed by atoms with Crippen LogP contribution in [0.2, 0.25) is 5.02 Å². The second kappa shape index (κ2) is 8.97. The Morgan fingerprint density at radius 1 is 1.03 bits per heavy atom. The van der Waals surface area contributed by atoms with Crippen LogP contribution >= 0.6 is 34.2 Å². The summed E-state index contributed by atoms with van der Waals surface area (Å²) in [6.45, 7) is 0.375. The lowest BCUT2D eigenvalue weighted by molar-refractivity contribution is 0.470. The smallest absolute Gasteiger partial charge is 0.285 e. The molecule has 0 aromatic heterocycles. The van der Waals surface area contributed by atoms with Gasteiger partial charge in [-0.2, -0.15) is 13.5 Å². The summed E-state index contributed by atoms with van der Waals surface area (Å²) >= 11 is 8.14. The van der Waals surface area contributed by atoms with Crippen molar-refractivity contribution in [3.05, 3.63) is 98.6 Å². The summed E-state index contributed by atoms with van der Waals surface area (Å²) in [6.07, 6.45) is 0. The number of guanidine groups is 1. The third kappa shape index (κ3) is 4.91. The minimum Gasteiger partial charge on any atom is -0.367 e. The molecule has 3 aromatic carbocycles. The van der Waals surface area contributed by atoms with Crippen LogP contribution in [0.3, 0.4) is 0 Å². The van der Waals surface area contributed by atoms with Crippen LogP contribution in [0.5, 0.6) is 0 Å². The molecule has 9 heteroatoms. The maximum absolute atomic E-state index is 12.7. The first-order valence-corrected chi connectivity index (χ1v) is 12.3. The van der Waals surface area contributed by atoms with E-state index in [2.05, 4.69) is 32.1 Å². The monoisotopic (exact) mass is 564 g/mol. The molecule has 4 rings (SSSR count). The SMILES string of the molecule is NC(=NS(=O)(=O)c1ccc(I)cc1)N1C[C@@H](c2ccccc2)C(c2ccc(Cl)cc2)=N1. The molecule has 3 aromatic rings. The molecule has 1 atom stereocenters. The quantitative estimate of drug-likeness (QED) is 0.288. The van der Waals surface area contributed by atoms with Crippen LogP contribution in [0.1, 0.15) is 17.0 Å². The van der Waals surface area contributed by atoms with Gasteiger partial charge in [-0.3, -0.25) is 0 Å². The van der Waals surface area contributed by atoms with Crippen LogP contribution in [-0.4, -0.2) is 31.6 Å². The van der Waals surface area contributed by atoms with Crippen molar-refractivity contribution in [3.8, 4) is 0 Å². The fraction of sp³-hybridized carbons (Fsp3) is 0.0909. The first-order chi connectivity index (χ1) is 14.8. The van der Waals surface area contributed by atoms with E-state index in [-0.39, 0.29) is 16.8 Å². The Balaban J connectivity index is 1.70. The van der Waals surface area contributed by atoms with Gasteiger partial charge in [-0.15, -0.1) is 4.40 Å². The highest BCUT2D eigenvalue weighted by molar-refractivity contribution is 14.1. The van der Waals surface area contributed by atoms with E-state index in [1.165, 1.54) is 17.1 Å². The fourth-order valence-corrected chi connectivity index (χ4v) is 4.71. The number of hydrogen-bond donors (Lipinski definition) is 1. The fourth-order valence-electron chi connectivity index (χ4n) is 3.30. The van der Waals surface area contributed by atoms with Gasteiger partial charge in [0, 0.05) is 14.5 Å². The van der Waals surface area contributed by atoms with Gasteiger partial charge < -0.3 is 5.73 Å². The molecule has 6 nitrogen and oxygen atoms in total. The third-order valence-electron chi connectivity index (χ3n) is 4.85. The molecular weight excluding hydrogens is 547 g/mol. The zero-order valence-electron chi connectivity index (χ0n) is 16.2. The van der Waals surface area contributed by atoms with Gasteiger partial charge in [0.25, 0.3) is 10.0 Å². The van der Waals surface area contributed by atoms with Crippen molar-refractivity contribution in [2.45, 2.75) is 10.8 Å². The summed E-state index contributed by atoms with van der Waals surface area (Å²) in [5, 5.41) is 6.68. The number of nitrogens with zero attached hydrogens (tertiary/aromatic N) is 3. The molecule has 1 aliphatic heterocycles. The molecule has 0 aliphatic carbocycles. The van der Waals surface area contributed by atoms with E-state index in [1.807, 2.05) is 42.5 Å². The van der Waals surface area contributed by atoms with E-state index < -0.39 is 10.0 Å². The molecule has 0 saturated carbocycles. The van der Waals surface area contributed by atoms with Crippen molar-refractivity contribution < 1.29 is 8.42 Å². The number of rotatable bonds is 4. The lowest BCUT2D eigenvalue weighted by atomic mass is 9.91. The topological polar surface area (TPSA) is 88.1 Å². The van der Waals surface area contributed by atoms with Gasteiger partial charge in [-0.1, -0.05) is 54.1 Å². The predicted molar refractivity (Wildman–Crippen MR) is 132 cm³/mol. The molecule has 0 saturated heterocycles. The Labute approximate surface area is 199 Å². The van der Waals surface area contributed by atoms with Gasteiger partial charge in [-0.25, -0.2) is 5.01 Å². The van der Waals surface area contributed by atoms with Gasteiger partial charge in [0.05, 0.1) is 17.2 Å². The van der Waals surface area contributed by atoms with Crippen LogP contribution in [0.15, 0.2) is 93.3 Å². The summed E-state index contributed by atoms with van der Waals surface area (Å²) in [7, 11) is -3.95. The van der Waals surface area contributed by atoms with Crippen LogP contribution in [0.4, 0.5) is 0 Å². The normalized spacial score (nSPS) is 17.0. The van der Waals surface area contributed by atoms with E-state index in [9.17, 15) is 8.42 Å². The lowest BCUT2D eigenvalue weighted by Gasteiger charge is -2.15. The molecule has 0 radical (unpaired) electrons. The Kier molecular flexibility index (Phi) is 6.31. The molecule has 31 heavy (non-hydrogen) atoms. The largest absolute Gasteiger partial charge is 0.367 e. The number of nitrogens with two attached hydrogens (primary N) is 1. The highest BCUT2D eigenvalue weighted by Crippen LogP contribution is 2.29. The molecule has 1 aliphatic rings. The summed E-state index contributed by atoms with van der Waals surface area (Å²) in [4.78, 5) is 0.0802. The zero-order chi connectivity index (χ0) is 22.0. The Morgan fingerprint density at radius 3 is 2.32 bits per heavy atom. The minimum atomic E-state index is -3.95. The van der Waals surface area contributed by atoms with E-state index >= 15 is 0 Å². The summed E-state index contributed by atoms with van der Waals surface area (Å²) < 4.78 is 30.1. The van der Waals surface area contributed by atoms with Gasteiger partial charge in [-0.05, 0) is 70.1 Å². The zero-order valence-corrected chi connectivity index (χ0v) is 19.9. The minimum absolute atomic E-state index is 0.0802. The second-order valence-corrected chi connectivity index (χ2v) is 10.2. The average molecular weight is 565 g/mol. The van der Waals surface area contributed by atoms with Crippen LogP contribution in [0.25, 0.3) is 0 Å². The number of hydrazone groups is 1. The molecule has 0 amide bonds. The molecular formula is C22H18ClIN4O2S. The number of sulfonamides is 1. The summed E-state index contributed by atoms with van der Waals surface area (Å²) in [5.74, 6) is -0.277. The first-order valence-electron chi connectivity index (χ1n) is 9.36. The highest BCUT2D eigenvalue weighted by Gasteiger charge is 2.31. The average Bonchev–Trinajstić information content (AvgIpc) is 3.21. The third-order valence-corrected chi connectivity index (χ3v) is 7.11. The molecule has 0 bridgehead atoms. The van der Waals surface area contributed by atoms with Crippen LogP contribution < -0.4 is 5.73 Å². The van der Waals surface area contributed by atoms with Crippen molar-refractivity contribution in [1.29, 1.82) is 0 Å². The van der Waals surface area contributed by atoms with Gasteiger partial charge >= 0.3 is 0 Å². The predicted octanol–water partition coefficient (Wildman–Crippen LogP) is 4.45. The number of benzene rings is 3. The van der Waals surface area contributed by atoms with Crippen molar-refractivity contribution in [2.24, 2.45) is 15.2 Å². The highest BCUT2D eigenvalue weighted by atomic mass is 127. The number of halogens is 2. The first kappa shape index (κ1) is 21.8. The van der Waals surface area contributed by atoms with Gasteiger partial charge in [0.2, 0.25) is 5.96 Å². The lowest BCUT2D eigenvalue weighted by Crippen LogP contribution is -2.33. The summed E-state index contributed by atoms with van der Waals surface area (Å²) in [6, 6.07) is 23.7. The van der Waals surface area contributed by atoms with Crippen molar-refractivity contribution in [3.63, 3.8) is 0 Å². The maximum Gasteiger partial charge on any atom is 0.285 e. The van der Waals surface area contributed by atoms with E-state index in [1.54, 1.807) is 24.3 Å². The van der Waals surface area contributed by atoms with Crippen molar-refractivity contribution in [1.82, 2.24) is 5.01 Å².